The molecule has 0 aliphatic heterocycles. The van der Waals surface area contributed by atoms with E-state index in [9.17, 15) is 9.59 Å². The summed E-state index contributed by atoms with van der Waals surface area (Å²) in [5.41, 5.74) is -0.477. The quantitative estimate of drug-likeness (QED) is 0.812. The van der Waals surface area contributed by atoms with Crippen LogP contribution in [-0.2, 0) is 14.3 Å². The van der Waals surface area contributed by atoms with E-state index >= 15 is 0 Å². The van der Waals surface area contributed by atoms with Gasteiger partial charge in [0.1, 0.15) is 5.60 Å². The molecule has 1 atom stereocenters. The summed E-state index contributed by atoms with van der Waals surface area (Å²) in [5, 5.41) is 2.32. The van der Waals surface area contributed by atoms with Gasteiger partial charge in [0.05, 0.1) is 11.7 Å². The molecule has 1 rings (SSSR count). The Kier molecular flexibility index (Phi) is 6.61. The summed E-state index contributed by atoms with van der Waals surface area (Å²) in [6.45, 7) is 7.26. The monoisotopic (exact) mass is 311 g/mol. The molecular formula is C14H21N3O3S. The highest BCUT2D eigenvalue weighted by atomic mass is 32.2. The van der Waals surface area contributed by atoms with Crippen molar-refractivity contribution in [1.29, 1.82) is 0 Å². The van der Waals surface area contributed by atoms with E-state index < -0.39 is 5.60 Å². The molecule has 7 heteroatoms. The lowest BCUT2D eigenvalue weighted by atomic mass is 10.2. The van der Waals surface area contributed by atoms with Crippen LogP contribution in [0.3, 0.4) is 0 Å². The maximum Gasteiger partial charge on any atom is 0.307 e. The summed E-state index contributed by atoms with van der Waals surface area (Å²) in [6, 6.07) is 1.68. The zero-order chi connectivity index (χ0) is 15.9. The number of rotatable bonds is 6. The van der Waals surface area contributed by atoms with Gasteiger partial charge in [-0.3, -0.25) is 14.9 Å². The number of nitrogens with zero attached hydrogens (tertiary/aromatic N) is 2. The molecule has 0 aliphatic carbocycles. The molecule has 0 fully saturated rings. The number of esters is 1. The maximum atomic E-state index is 11.9. The zero-order valence-electron chi connectivity index (χ0n) is 12.8. The molecule has 1 heterocycles. The lowest BCUT2D eigenvalue weighted by molar-refractivity contribution is -0.154. The number of anilines is 1. The molecule has 6 nitrogen and oxygen atoms in total. The molecule has 0 aromatic carbocycles. The first kappa shape index (κ1) is 17.4. The van der Waals surface area contributed by atoms with Crippen LogP contribution in [0.5, 0.6) is 0 Å². The summed E-state index contributed by atoms with van der Waals surface area (Å²) in [7, 11) is 0. The molecule has 1 aromatic rings. The second-order valence-electron chi connectivity index (χ2n) is 5.41. The van der Waals surface area contributed by atoms with Crippen LogP contribution in [0.15, 0.2) is 18.5 Å². The number of ether oxygens (including phenoxy) is 1. The molecule has 116 valence electrons. The van der Waals surface area contributed by atoms with Gasteiger partial charge in [0, 0.05) is 18.1 Å². The molecule has 0 saturated heterocycles. The molecular weight excluding hydrogens is 290 g/mol. The fraction of sp³-hybridized carbons (Fsp3) is 0.571. The molecule has 1 N–H and O–H groups in total. The van der Waals surface area contributed by atoms with E-state index in [0.717, 1.165) is 0 Å². The Bertz CT molecular complexity index is 474. The van der Waals surface area contributed by atoms with Gasteiger partial charge in [-0.05, 0) is 33.8 Å². The highest BCUT2D eigenvalue weighted by Gasteiger charge is 2.18. The summed E-state index contributed by atoms with van der Waals surface area (Å²) in [5.74, 6) is 0.366. The number of carbonyl (C=O) groups excluding carboxylic acids is 2. The second-order valence-corrected chi connectivity index (χ2v) is 6.86. The molecule has 0 radical (unpaired) electrons. The predicted molar refractivity (Wildman–Crippen MR) is 83.0 cm³/mol. The first-order chi connectivity index (χ1) is 9.78. The van der Waals surface area contributed by atoms with Gasteiger partial charge < -0.3 is 4.74 Å². The molecule has 21 heavy (non-hydrogen) atoms. The minimum Gasteiger partial charge on any atom is -0.460 e. The number of nitrogens with one attached hydrogen (secondary N) is 1. The molecule has 1 unspecified atom stereocenters. The Hall–Kier alpha value is -1.63. The maximum absolute atomic E-state index is 11.9. The molecule has 0 aliphatic rings. The Morgan fingerprint density at radius 1 is 1.33 bits per heavy atom. The van der Waals surface area contributed by atoms with E-state index in [-0.39, 0.29) is 29.5 Å². The average molecular weight is 311 g/mol. The van der Waals surface area contributed by atoms with Gasteiger partial charge in [-0.15, -0.1) is 11.8 Å². The third-order valence-electron chi connectivity index (χ3n) is 2.26. The van der Waals surface area contributed by atoms with Crippen molar-refractivity contribution in [3.8, 4) is 0 Å². The lowest BCUT2D eigenvalue weighted by Gasteiger charge is -2.19. The van der Waals surface area contributed by atoms with Gasteiger partial charge >= 0.3 is 5.97 Å². The van der Waals surface area contributed by atoms with Crippen molar-refractivity contribution in [2.75, 3.05) is 11.1 Å². The topological polar surface area (TPSA) is 81.2 Å². The minimum absolute atomic E-state index is 0.185. The number of hydrogen-bond donors (Lipinski definition) is 1. The van der Waals surface area contributed by atoms with Gasteiger partial charge in [-0.1, -0.05) is 0 Å². The number of thioether (sulfide) groups is 1. The summed E-state index contributed by atoms with van der Waals surface area (Å²) in [6.07, 6.45) is 3.40. The number of aromatic nitrogens is 2. The summed E-state index contributed by atoms with van der Waals surface area (Å²) >= 11 is 1.39. The van der Waals surface area contributed by atoms with Gasteiger partial charge in [-0.25, -0.2) is 9.97 Å². The first-order valence-electron chi connectivity index (χ1n) is 6.69. The van der Waals surface area contributed by atoms with Crippen LogP contribution in [0.1, 0.15) is 34.1 Å². The van der Waals surface area contributed by atoms with Crippen molar-refractivity contribution in [3.63, 3.8) is 0 Å². The zero-order valence-corrected chi connectivity index (χ0v) is 13.6. The Morgan fingerprint density at radius 2 is 1.95 bits per heavy atom. The van der Waals surface area contributed by atoms with E-state index in [2.05, 4.69) is 15.3 Å². The highest BCUT2D eigenvalue weighted by molar-refractivity contribution is 8.00. The minimum atomic E-state index is -0.477. The lowest BCUT2D eigenvalue weighted by Crippen LogP contribution is -2.26. The van der Waals surface area contributed by atoms with Crippen molar-refractivity contribution in [2.45, 2.75) is 45.0 Å². The van der Waals surface area contributed by atoms with Crippen LogP contribution in [0.2, 0.25) is 0 Å². The SMILES string of the molecule is CC(SCCC(=O)OC(C)(C)C)C(=O)Nc1ncccn1. The van der Waals surface area contributed by atoms with Crippen LogP contribution >= 0.6 is 11.8 Å². The Labute approximate surface area is 129 Å². The number of amides is 1. The van der Waals surface area contributed by atoms with Crippen LogP contribution < -0.4 is 5.32 Å². The van der Waals surface area contributed by atoms with Crippen molar-refractivity contribution in [3.05, 3.63) is 18.5 Å². The van der Waals surface area contributed by atoms with E-state index in [4.69, 9.17) is 4.74 Å². The van der Waals surface area contributed by atoms with Crippen LogP contribution in [0.4, 0.5) is 5.95 Å². The van der Waals surface area contributed by atoms with Gasteiger partial charge in [-0.2, -0.15) is 0 Å². The summed E-state index contributed by atoms with van der Waals surface area (Å²) < 4.78 is 5.20. The Morgan fingerprint density at radius 3 is 2.52 bits per heavy atom. The predicted octanol–water partition coefficient (Wildman–Crippen LogP) is 2.27. The molecule has 1 aromatic heterocycles. The smallest absolute Gasteiger partial charge is 0.307 e. The fourth-order valence-electron chi connectivity index (χ4n) is 1.36. The Balaban J connectivity index is 2.29. The van der Waals surface area contributed by atoms with Crippen LogP contribution in [0, 0.1) is 0 Å². The third kappa shape index (κ3) is 7.65. The van der Waals surface area contributed by atoms with Crippen molar-refractivity contribution < 1.29 is 14.3 Å². The van der Waals surface area contributed by atoms with Gasteiger partial charge in [0.2, 0.25) is 11.9 Å². The van der Waals surface area contributed by atoms with E-state index in [1.54, 1.807) is 25.4 Å². The van der Waals surface area contributed by atoms with E-state index in [1.807, 2.05) is 20.8 Å². The van der Waals surface area contributed by atoms with E-state index in [0.29, 0.717) is 5.75 Å². The van der Waals surface area contributed by atoms with Crippen LogP contribution in [-0.4, -0.2) is 38.4 Å². The van der Waals surface area contributed by atoms with Crippen molar-refractivity contribution in [1.82, 2.24) is 9.97 Å². The fourth-order valence-corrected chi connectivity index (χ4v) is 2.21. The largest absolute Gasteiger partial charge is 0.460 e. The normalized spacial score (nSPS) is 12.6. The van der Waals surface area contributed by atoms with E-state index in [1.165, 1.54) is 11.8 Å². The standard InChI is InChI=1S/C14H21N3O3S/c1-10(12(19)17-13-15-7-5-8-16-13)21-9-6-11(18)20-14(2,3)4/h5,7-8,10H,6,9H2,1-4H3,(H,15,16,17,19). The number of carbonyl (C=O) groups is 2. The number of hydrogen-bond acceptors (Lipinski definition) is 6. The van der Waals surface area contributed by atoms with Gasteiger partial charge in [0.15, 0.2) is 0 Å². The summed E-state index contributed by atoms with van der Waals surface area (Å²) in [4.78, 5) is 31.3. The highest BCUT2D eigenvalue weighted by Crippen LogP contribution is 2.15. The van der Waals surface area contributed by atoms with Crippen molar-refractivity contribution >= 4 is 29.6 Å². The van der Waals surface area contributed by atoms with Crippen molar-refractivity contribution in [2.24, 2.45) is 0 Å². The van der Waals surface area contributed by atoms with Gasteiger partial charge in [0.25, 0.3) is 0 Å². The first-order valence-corrected chi connectivity index (χ1v) is 7.74. The molecule has 0 saturated carbocycles. The third-order valence-corrected chi connectivity index (χ3v) is 3.42. The molecule has 0 spiro atoms. The van der Waals surface area contributed by atoms with Crippen LogP contribution in [0.25, 0.3) is 0 Å². The molecule has 0 bridgehead atoms. The molecule has 1 amide bonds. The average Bonchev–Trinajstić information content (AvgIpc) is 2.37. The second kappa shape index (κ2) is 7.97.